The second-order valence-corrected chi connectivity index (χ2v) is 17.9. The first kappa shape index (κ1) is 57.9. The number of likely N-dealkylation sites (N-methyl/N-ethyl adjacent to an activating group) is 1. The number of allylic oxidation sites excluding steroid dienone is 16. The van der Waals surface area contributed by atoms with Crippen LogP contribution >= 0.6 is 7.82 Å². The largest absolute Gasteiger partial charge is 0.472 e. The molecule has 0 amide bonds. The van der Waals surface area contributed by atoms with Crippen LogP contribution in [0.1, 0.15) is 162 Å². The van der Waals surface area contributed by atoms with Crippen molar-refractivity contribution in [3.8, 4) is 0 Å². The third-order valence-corrected chi connectivity index (χ3v) is 10.4. The van der Waals surface area contributed by atoms with Crippen molar-refractivity contribution in [2.45, 2.75) is 168 Å². The Bertz CT molecular complexity index is 1350. The van der Waals surface area contributed by atoms with Crippen LogP contribution in [0.5, 0.6) is 0 Å². The number of phosphoric acid groups is 1. The molecule has 0 spiro atoms. The highest BCUT2D eigenvalue weighted by Crippen LogP contribution is 2.43. The fraction of sp³-hybridized carbons (Fsp3) is 0.647. The van der Waals surface area contributed by atoms with Crippen LogP contribution in [-0.4, -0.2) is 74.9 Å². The summed E-state index contributed by atoms with van der Waals surface area (Å²) in [5.41, 5.74) is 0. The van der Waals surface area contributed by atoms with E-state index in [4.69, 9.17) is 18.5 Å². The van der Waals surface area contributed by atoms with Crippen molar-refractivity contribution in [2.75, 3.05) is 47.5 Å². The smallest absolute Gasteiger partial charge is 0.462 e. The average Bonchev–Trinajstić information content (AvgIpc) is 3.21. The number of ether oxygens (including phenoxy) is 2. The van der Waals surface area contributed by atoms with Crippen LogP contribution < -0.4 is 0 Å². The molecule has 0 saturated heterocycles. The first-order valence-corrected chi connectivity index (χ1v) is 25.0. The highest BCUT2D eigenvalue weighted by Gasteiger charge is 2.27. The zero-order chi connectivity index (χ0) is 45.0. The van der Waals surface area contributed by atoms with Crippen molar-refractivity contribution in [2.24, 2.45) is 0 Å². The van der Waals surface area contributed by atoms with E-state index in [2.05, 4.69) is 111 Å². The second kappa shape index (κ2) is 42.2. The number of carbonyl (C=O) groups is 2. The van der Waals surface area contributed by atoms with E-state index in [9.17, 15) is 19.0 Å². The molecule has 0 aromatic carbocycles. The van der Waals surface area contributed by atoms with Gasteiger partial charge in [0.15, 0.2) is 6.10 Å². The maximum atomic E-state index is 12.7. The van der Waals surface area contributed by atoms with Crippen LogP contribution in [0.3, 0.4) is 0 Å². The lowest BCUT2D eigenvalue weighted by atomic mass is 10.1. The van der Waals surface area contributed by atoms with E-state index >= 15 is 0 Å². The first-order chi connectivity index (χ1) is 29.5. The summed E-state index contributed by atoms with van der Waals surface area (Å²) in [7, 11) is 1.45. The molecule has 0 aliphatic rings. The fourth-order valence-electron chi connectivity index (χ4n) is 5.73. The van der Waals surface area contributed by atoms with Gasteiger partial charge < -0.3 is 18.9 Å². The Kier molecular flexibility index (Phi) is 40.1. The lowest BCUT2D eigenvalue weighted by molar-refractivity contribution is -0.870. The minimum absolute atomic E-state index is 0.0239. The van der Waals surface area contributed by atoms with E-state index < -0.39 is 26.5 Å². The summed E-state index contributed by atoms with van der Waals surface area (Å²) in [5.74, 6) is -0.834. The molecule has 1 N–H and O–H groups in total. The van der Waals surface area contributed by atoms with Crippen molar-refractivity contribution in [3.63, 3.8) is 0 Å². The summed E-state index contributed by atoms with van der Waals surface area (Å²) in [5, 5.41) is 0. The van der Waals surface area contributed by atoms with Gasteiger partial charge in [-0.1, -0.05) is 169 Å². The molecule has 0 bridgehead atoms. The lowest BCUT2D eigenvalue weighted by Gasteiger charge is -2.24. The maximum absolute atomic E-state index is 12.7. The average molecular weight is 873 g/mol. The zero-order valence-electron chi connectivity index (χ0n) is 39.1. The van der Waals surface area contributed by atoms with Crippen LogP contribution in [0.2, 0.25) is 0 Å². The number of carbonyl (C=O) groups excluding carboxylic acids is 2. The third kappa shape index (κ3) is 46.3. The van der Waals surface area contributed by atoms with Gasteiger partial charge in [0.25, 0.3) is 0 Å². The summed E-state index contributed by atoms with van der Waals surface area (Å²) < 4.78 is 34.1. The Morgan fingerprint density at radius 2 is 0.934 bits per heavy atom. The molecule has 0 aromatic rings. The van der Waals surface area contributed by atoms with Crippen LogP contribution in [0.25, 0.3) is 0 Å². The quantitative estimate of drug-likeness (QED) is 0.0213. The SMILES string of the molecule is CC/C=C\C/C=C\C/C=C\C/C=C\C/C=C\C/C=C\C/C=C\C/C=C\CCCCCCCCC(=O)OC(COC(=O)CCCCCCCC)COP(=O)(O)OCC[N+](C)(C)C. The van der Waals surface area contributed by atoms with Gasteiger partial charge in [-0.15, -0.1) is 0 Å². The molecule has 61 heavy (non-hydrogen) atoms. The minimum atomic E-state index is -4.38. The molecule has 0 aliphatic carbocycles. The standard InChI is InChI=1S/C51H86NO8P/c1-6-8-10-12-14-15-16-17-18-19-20-21-22-23-24-25-26-27-28-29-30-31-32-33-34-35-36-37-38-40-42-44-51(54)60-49(47-57-50(53)43-41-39-13-11-9-7-2)48-59-61(55,56)58-46-45-52(3,4)5/h8,10,14-15,17-18,20-21,23-24,26-27,29-30,32-33,49H,6-7,9,11-13,16,19,22,25,28,31,34-48H2,1-5H3/p+1/b10-8-,15-14-,18-17-,21-20-,24-23-,27-26-,30-29-,33-32-. The Balaban J connectivity index is 4.15. The van der Waals surface area contributed by atoms with E-state index in [1.54, 1.807) is 0 Å². The molecule has 2 unspecified atom stereocenters. The topological polar surface area (TPSA) is 108 Å². The van der Waals surface area contributed by atoms with Gasteiger partial charge in [0.05, 0.1) is 27.7 Å². The van der Waals surface area contributed by atoms with Crippen molar-refractivity contribution < 1.29 is 42.1 Å². The third-order valence-electron chi connectivity index (χ3n) is 9.38. The van der Waals surface area contributed by atoms with E-state index in [1.165, 1.54) is 6.42 Å². The van der Waals surface area contributed by atoms with Crippen LogP contribution in [-0.2, 0) is 32.7 Å². The van der Waals surface area contributed by atoms with Gasteiger partial charge in [0.2, 0.25) is 0 Å². The Hall–Kier alpha value is -3.07. The number of phosphoric ester groups is 1. The number of hydrogen-bond donors (Lipinski definition) is 1. The van der Waals surface area contributed by atoms with Gasteiger partial charge in [-0.3, -0.25) is 18.6 Å². The predicted octanol–water partition coefficient (Wildman–Crippen LogP) is 13.7. The molecule has 10 heteroatoms. The number of unbranched alkanes of at least 4 members (excludes halogenated alkanes) is 11. The van der Waals surface area contributed by atoms with Crippen molar-refractivity contribution in [1.29, 1.82) is 0 Å². The molecule has 2 atom stereocenters. The molecular formula is C51H87NO8P+. The zero-order valence-corrected chi connectivity index (χ0v) is 40.0. The number of nitrogens with zero attached hydrogens (tertiary/aromatic N) is 1. The summed E-state index contributed by atoms with van der Waals surface area (Å²) in [6, 6.07) is 0. The van der Waals surface area contributed by atoms with E-state index in [1.807, 2.05) is 21.1 Å². The Morgan fingerprint density at radius 1 is 0.525 bits per heavy atom. The second-order valence-electron chi connectivity index (χ2n) is 16.4. The summed E-state index contributed by atoms with van der Waals surface area (Å²) >= 11 is 0. The van der Waals surface area contributed by atoms with Crippen LogP contribution in [0.4, 0.5) is 0 Å². The normalized spacial score (nSPS) is 14.4. The van der Waals surface area contributed by atoms with Gasteiger partial charge in [0, 0.05) is 12.8 Å². The number of hydrogen-bond acceptors (Lipinski definition) is 7. The highest BCUT2D eigenvalue weighted by atomic mass is 31.2. The van der Waals surface area contributed by atoms with E-state index in [0.717, 1.165) is 122 Å². The molecule has 9 nitrogen and oxygen atoms in total. The molecule has 0 rings (SSSR count). The summed E-state index contributed by atoms with van der Waals surface area (Å²) in [6.45, 7) is 4.19. The van der Waals surface area contributed by atoms with E-state index in [0.29, 0.717) is 17.4 Å². The van der Waals surface area contributed by atoms with Gasteiger partial charge in [-0.25, -0.2) is 4.57 Å². The molecule has 0 radical (unpaired) electrons. The fourth-order valence-corrected chi connectivity index (χ4v) is 6.48. The predicted molar refractivity (Wildman–Crippen MR) is 256 cm³/mol. The molecule has 0 aromatic heterocycles. The van der Waals surface area contributed by atoms with Crippen molar-refractivity contribution in [3.05, 3.63) is 97.2 Å². The Labute approximate surface area is 373 Å². The molecular weight excluding hydrogens is 786 g/mol. The molecule has 0 aliphatic heterocycles. The molecule has 0 fully saturated rings. The highest BCUT2D eigenvalue weighted by molar-refractivity contribution is 7.47. The maximum Gasteiger partial charge on any atom is 0.472 e. The summed E-state index contributed by atoms with van der Waals surface area (Å²) in [6.07, 6.45) is 56.4. The molecule has 0 heterocycles. The Morgan fingerprint density at radius 3 is 1.39 bits per heavy atom. The number of quaternary nitrogens is 1. The molecule has 0 saturated carbocycles. The lowest BCUT2D eigenvalue weighted by Crippen LogP contribution is -2.37. The van der Waals surface area contributed by atoms with Gasteiger partial charge >= 0.3 is 19.8 Å². The summed E-state index contributed by atoms with van der Waals surface area (Å²) in [4.78, 5) is 35.1. The van der Waals surface area contributed by atoms with Gasteiger partial charge in [-0.2, -0.15) is 0 Å². The van der Waals surface area contributed by atoms with Crippen LogP contribution in [0.15, 0.2) is 97.2 Å². The van der Waals surface area contributed by atoms with Crippen LogP contribution in [0, 0.1) is 0 Å². The van der Waals surface area contributed by atoms with Crippen molar-refractivity contribution >= 4 is 19.8 Å². The monoisotopic (exact) mass is 873 g/mol. The number of esters is 2. The number of rotatable bonds is 41. The van der Waals surface area contributed by atoms with Gasteiger partial charge in [-0.05, 0) is 77.0 Å². The van der Waals surface area contributed by atoms with Gasteiger partial charge in [0.1, 0.15) is 19.8 Å². The van der Waals surface area contributed by atoms with E-state index in [-0.39, 0.29) is 32.0 Å². The first-order valence-electron chi connectivity index (χ1n) is 23.5. The van der Waals surface area contributed by atoms with Crippen molar-refractivity contribution in [1.82, 2.24) is 0 Å². The molecule has 348 valence electrons. The minimum Gasteiger partial charge on any atom is -0.462 e.